The number of anilines is 2. The lowest BCUT2D eigenvalue weighted by Gasteiger charge is -2.39. The summed E-state index contributed by atoms with van der Waals surface area (Å²) in [4.78, 5) is 29.6. The van der Waals surface area contributed by atoms with Crippen LogP contribution in [-0.4, -0.2) is 40.9 Å². The summed E-state index contributed by atoms with van der Waals surface area (Å²) in [7, 11) is 0. The molecule has 234 valence electrons. The zero-order valence-corrected chi connectivity index (χ0v) is 25.6. The zero-order valence-electron chi connectivity index (χ0n) is 24.8. The lowest BCUT2D eigenvalue weighted by Crippen LogP contribution is -2.54. The van der Waals surface area contributed by atoms with Gasteiger partial charge in [-0.3, -0.25) is 14.5 Å². The van der Waals surface area contributed by atoms with Crippen molar-refractivity contribution in [2.45, 2.75) is 82.8 Å². The van der Waals surface area contributed by atoms with Gasteiger partial charge in [0.25, 0.3) is 5.91 Å². The molecule has 2 saturated heterocycles. The number of nitrogens with zero attached hydrogens (tertiary/aromatic N) is 1. The molecule has 0 spiro atoms. The number of halogens is 4. The minimum atomic E-state index is -4.49. The van der Waals surface area contributed by atoms with Crippen molar-refractivity contribution in [1.82, 2.24) is 15.5 Å². The monoisotopic (exact) mass is 626 g/mol. The summed E-state index contributed by atoms with van der Waals surface area (Å²) in [6.45, 7) is 4.84. The maximum atomic E-state index is 13.6. The number of nitrogens with one attached hydrogen (secondary N) is 3. The van der Waals surface area contributed by atoms with Crippen LogP contribution in [-0.2, 0) is 17.5 Å². The SMILES string of the molecule is CC(C)C[C@H](NC(=O)c1ccccc1Nc1cccc(C(F)(F)F)c1)C(=O)NC1C[C@H]2CC[C@@H](C1)N2Cc1ccc(Cl)cc1. The van der Waals surface area contributed by atoms with E-state index in [9.17, 15) is 22.8 Å². The van der Waals surface area contributed by atoms with Gasteiger partial charge in [-0.25, -0.2) is 0 Å². The van der Waals surface area contributed by atoms with Crippen molar-refractivity contribution in [2.75, 3.05) is 5.32 Å². The fourth-order valence-corrected chi connectivity index (χ4v) is 6.54. The highest BCUT2D eigenvalue weighted by Gasteiger charge is 2.41. The Kier molecular flexibility index (Phi) is 9.85. The van der Waals surface area contributed by atoms with Crippen LogP contribution >= 0.6 is 11.6 Å². The lowest BCUT2D eigenvalue weighted by molar-refractivity contribution is -0.137. The smallest absolute Gasteiger partial charge is 0.355 e. The lowest BCUT2D eigenvalue weighted by atomic mass is 9.95. The third-order valence-electron chi connectivity index (χ3n) is 8.48. The third-order valence-corrected chi connectivity index (χ3v) is 8.73. The minimum absolute atomic E-state index is 0.0166. The molecule has 0 aromatic heterocycles. The van der Waals surface area contributed by atoms with E-state index in [-0.39, 0.29) is 29.1 Å². The Balaban J connectivity index is 1.24. The van der Waals surface area contributed by atoms with Crippen LogP contribution < -0.4 is 16.0 Å². The molecule has 2 aliphatic rings. The number of benzene rings is 3. The number of alkyl halides is 3. The molecule has 0 saturated carbocycles. The van der Waals surface area contributed by atoms with E-state index in [2.05, 4.69) is 33.0 Å². The average molecular weight is 627 g/mol. The molecular weight excluding hydrogens is 589 g/mol. The number of fused-ring (bicyclic) bond motifs is 2. The highest BCUT2D eigenvalue weighted by Crippen LogP contribution is 2.37. The van der Waals surface area contributed by atoms with Crippen LogP contribution in [0.1, 0.15) is 67.4 Å². The van der Waals surface area contributed by atoms with Gasteiger partial charge in [-0.05, 0) is 86.1 Å². The van der Waals surface area contributed by atoms with Crippen molar-refractivity contribution >= 4 is 34.8 Å². The topological polar surface area (TPSA) is 73.5 Å². The Morgan fingerprint density at radius 1 is 0.955 bits per heavy atom. The van der Waals surface area contributed by atoms with Gasteiger partial charge in [0.15, 0.2) is 0 Å². The van der Waals surface area contributed by atoms with Gasteiger partial charge in [-0.2, -0.15) is 13.2 Å². The highest BCUT2D eigenvalue weighted by molar-refractivity contribution is 6.30. The number of para-hydroxylation sites is 1. The number of hydrogen-bond donors (Lipinski definition) is 3. The number of rotatable bonds is 10. The first kappa shape index (κ1) is 31.9. The van der Waals surface area contributed by atoms with Gasteiger partial charge < -0.3 is 16.0 Å². The standard InChI is InChI=1S/C34H38ClF3N4O2/c1-21(2)16-31(33(44)40-26-18-27-14-15-28(19-26)42(27)20-22-10-12-24(35)13-11-22)41-32(43)29-8-3-4-9-30(29)39-25-7-5-6-23(17-25)34(36,37)38/h3-13,17,21,26-28,31,39H,14-16,18-20H2,1-2H3,(H,40,44)(H,41,43)/t26?,27-,28+,31-/m0/s1. The molecule has 44 heavy (non-hydrogen) atoms. The van der Waals surface area contributed by atoms with Crippen molar-refractivity contribution in [3.05, 3.63) is 94.5 Å². The maximum Gasteiger partial charge on any atom is 0.416 e. The number of amides is 2. The Hall–Kier alpha value is -3.56. The number of hydrogen-bond acceptors (Lipinski definition) is 4. The quantitative estimate of drug-likeness (QED) is 0.217. The largest absolute Gasteiger partial charge is 0.416 e. The molecule has 1 unspecified atom stereocenters. The molecular formula is C34H38ClF3N4O2. The van der Waals surface area contributed by atoms with Gasteiger partial charge >= 0.3 is 6.18 Å². The Labute approximate surface area is 261 Å². The van der Waals surface area contributed by atoms with Crippen molar-refractivity contribution in [1.29, 1.82) is 0 Å². The summed E-state index contributed by atoms with van der Waals surface area (Å²) in [5.41, 5.74) is 1.21. The molecule has 2 fully saturated rings. The molecule has 3 aromatic rings. The summed E-state index contributed by atoms with van der Waals surface area (Å²) in [5, 5.41) is 9.80. The van der Waals surface area contributed by atoms with Gasteiger partial charge in [0.1, 0.15) is 6.04 Å². The Morgan fingerprint density at radius 2 is 1.64 bits per heavy atom. The molecule has 2 bridgehead atoms. The molecule has 2 amide bonds. The normalized spacial score (nSPS) is 20.8. The van der Waals surface area contributed by atoms with E-state index in [4.69, 9.17) is 11.6 Å². The molecule has 3 N–H and O–H groups in total. The summed E-state index contributed by atoms with van der Waals surface area (Å²) >= 11 is 6.06. The molecule has 5 rings (SSSR count). The fourth-order valence-electron chi connectivity index (χ4n) is 6.41. The van der Waals surface area contributed by atoms with Crippen LogP contribution in [0.5, 0.6) is 0 Å². The average Bonchev–Trinajstić information content (AvgIpc) is 3.20. The van der Waals surface area contributed by atoms with E-state index >= 15 is 0 Å². The summed E-state index contributed by atoms with van der Waals surface area (Å²) in [6, 6.07) is 19.3. The molecule has 2 heterocycles. The van der Waals surface area contributed by atoms with Crippen LogP contribution in [0.3, 0.4) is 0 Å². The van der Waals surface area contributed by atoms with Crippen molar-refractivity contribution in [3.63, 3.8) is 0 Å². The van der Waals surface area contributed by atoms with Gasteiger partial charge in [0.2, 0.25) is 5.91 Å². The fraction of sp³-hybridized carbons (Fsp3) is 0.412. The molecule has 0 radical (unpaired) electrons. The van der Waals surface area contributed by atoms with Crippen LogP contribution in [0.4, 0.5) is 24.5 Å². The van der Waals surface area contributed by atoms with E-state index in [1.807, 2.05) is 26.0 Å². The van der Waals surface area contributed by atoms with Crippen molar-refractivity contribution in [2.24, 2.45) is 5.92 Å². The van der Waals surface area contributed by atoms with Gasteiger partial charge in [0, 0.05) is 35.4 Å². The molecule has 2 aliphatic heterocycles. The highest BCUT2D eigenvalue weighted by atomic mass is 35.5. The van der Waals surface area contributed by atoms with E-state index in [1.54, 1.807) is 24.3 Å². The minimum Gasteiger partial charge on any atom is -0.355 e. The molecule has 3 aromatic carbocycles. The van der Waals surface area contributed by atoms with Crippen LogP contribution in [0.15, 0.2) is 72.8 Å². The van der Waals surface area contributed by atoms with Gasteiger partial charge in [0.05, 0.1) is 16.8 Å². The van der Waals surface area contributed by atoms with E-state index in [0.29, 0.717) is 24.2 Å². The predicted octanol–water partition coefficient (Wildman–Crippen LogP) is 7.56. The number of piperidine rings is 1. The molecule has 6 nitrogen and oxygen atoms in total. The van der Waals surface area contributed by atoms with Crippen LogP contribution in [0, 0.1) is 5.92 Å². The maximum absolute atomic E-state index is 13.6. The van der Waals surface area contributed by atoms with E-state index in [1.165, 1.54) is 17.7 Å². The second-order valence-corrected chi connectivity index (χ2v) is 12.7. The Bertz CT molecular complexity index is 1450. The van der Waals surface area contributed by atoms with E-state index in [0.717, 1.165) is 49.4 Å². The van der Waals surface area contributed by atoms with Crippen LogP contribution in [0.2, 0.25) is 5.02 Å². The molecule has 10 heteroatoms. The van der Waals surface area contributed by atoms with Gasteiger partial charge in [-0.1, -0.05) is 55.8 Å². The second kappa shape index (κ2) is 13.6. The first-order valence-electron chi connectivity index (χ1n) is 15.1. The first-order valence-corrected chi connectivity index (χ1v) is 15.5. The van der Waals surface area contributed by atoms with Gasteiger partial charge in [-0.15, -0.1) is 0 Å². The van der Waals surface area contributed by atoms with Crippen molar-refractivity contribution < 1.29 is 22.8 Å². The summed E-state index contributed by atoms with van der Waals surface area (Å²) in [5.74, 6) is -0.549. The van der Waals surface area contributed by atoms with E-state index < -0.39 is 23.7 Å². The predicted molar refractivity (Wildman–Crippen MR) is 167 cm³/mol. The number of carbonyl (C=O) groups excluding carboxylic acids is 2. The Morgan fingerprint density at radius 3 is 2.30 bits per heavy atom. The zero-order chi connectivity index (χ0) is 31.4. The summed E-state index contributed by atoms with van der Waals surface area (Å²) < 4.78 is 39.7. The third kappa shape index (κ3) is 7.93. The molecule has 4 atom stereocenters. The number of carbonyl (C=O) groups is 2. The van der Waals surface area contributed by atoms with Crippen molar-refractivity contribution in [3.8, 4) is 0 Å². The first-order chi connectivity index (χ1) is 21.0. The molecule has 0 aliphatic carbocycles. The summed E-state index contributed by atoms with van der Waals surface area (Å²) in [6.07, 6.45) is -0.162. The van der Waals surface area contributed by atoms with Crippen LogP contribution in [0.25, 0.3) is 0 Å². The second-order valence-electron chi connectivity index (χ2n) is 12.3.